The van der Waals surface area contributed by atoms with Crippen LogP contribution in [0.4, 0.5) is 0 Å². The van der Waals surface area contributed by atoms with Crippen LogP contribution in [0.1, 0.15) is 39.3 Å². The smallest absolute Gasteiger partial charge is 0.364 e. The number of carboxylic acids is 2. The van der Waals surface area contributed by atoms with Crippen molar-refractivity contribution in [2.45, 2.75) is 143 Å². The van der Waals surface area contributed by atoms with E-state index in [1.54, 1.807) is 0 Å². The van der Waals surface area contributed by atoms with Crippen molar-refractivity contribution < 1.29 is 119 Å². The molecule has 3 aliphatic rings. The third-order valence-corrected chi connectivity index (χ3v) is 11.8. The minimum Gasteiger partial charge on any atom is -0.477 e. The maximum atomic E-state index is 13.2. The molecule has 0 saturated carbocycles. The molecule has 30 heteroatoms. The number of carbonyl (C=O) groups excluding carboxylic acids is 3. The van der Waals surface area contributed by atoms with E-state index in [0.29, 0.717) is 5.75 Å². The Labute approximate surface area is 394 Å². The highest BCUT2D eigenvalue weighted by Crippen LogP contribution is 2.39. The Morgan fingerprint density at radius 1 is 0.729 bits per heavy atom. The summed E-state index contributed by atoms with van der Waals surface area (Å²) in [5, 5.41) is 148. The number of fused-ring (bicyclic) bond motifs is 2. The van der Waals surface area contributed by atoms with E-state index in [-0.39, 0.29) is 29.3 Å². The lowest BCUT2D eigenvalue weighted by Gasteiger charge is -2.50. The van der Waals surface area contributed by atoms with Gasteiger partial charge < -0.3 is 116 Å². The van der Waals surface area contributed by atoms with Crippen LogP contribution in [0.2, 0.25) is 0 Å². The quantitative estimate of drug-likeness (QED) is 0.0521. The summed E-state index contributed by atoms with van der Waals surface area (Å²) >= 11 is 0. The molecule has 3 amide bonds. The van der Waals surface area contributed by atoms with E-state index < -0.39 is 177 Å². The van der Waals surface area contributed by atoms with Crippen LogP contribution in [0.5, 0.6) is 11.5 Å². The van der Waals surface area contributed by atoms with Crippen molar-refractivity contribution in [3.05, 3.63) is 28.2 Å². The molecule has 0 radical (unpaired) electrons. The highest BCUT2D eigenvalue weighted by molar-refractivity contribution is 5.80. The maximum Gasteiger partial charge on any atom is 0.364 e. The minimum absolute atomic E-state index is 0.103. The van der Waals surface area contributed by atoms with Crippen LogP contribution in [0.3, 0.4) is 0 Å². The number of nitrogens with one attached hydrogen (secondary N) is 4. The number of carbonyl (C=O) groups is 5. The van der Waals surface area contributed by atoms with Crippen molar-refractivity contribution in [2.24, 2.45) is 0 Å². The number of carboxylic acid groups (broad SMARTS) is 2. The van der Waals surface area contributed by atoms with Crippen LogP contribution in [-0.2, 0) is 49.3 Å². The monoisotopic (exact) mass is 1010 g/mol. The number of hydrogen-bond donors (Lipinski definition) is 17. The van der Waals surface area contributed by atoms with Crippen molar-refractivity contribution in [1.29, 1.82) is 0 Å². The fraction of sp³-hybridized carbons (Fsp3) is 0.675. The Balaban J connectivity index is 1.44. The Morgan fingerprint density at radius 3 is 1.70 bits per heavy atom. The summed E-state index contributed by atoms with van der Waals surface area (Å²) in [4.78, 5) is 82.6. The number of nitrogens with zero attached hydrogens (tertiary/aromatic N) is 1. The van der Waals surface area contributed by atoms with Gasteiger partial charge in [-0.25, -0.2) is 14.6 Å². The molecule has 2 saturated heterocycles. The summed E-state index contributed by atoms with van der Waals surface area (Å²) in [6.07, 6.45) is -30.2. The molecule has 0 spiro atoms. The molecule has 3 aliphatic heterocycles. The number of rotatable bonds is 22. The van der Waals surface area contributed by atoms with Gasteiger partial charge in [-0.3, -0.25) is 19.2 Å². The third kappa shape index (κ3) is 12.1. The lowest BCUT2D eigenvalue weighted by Crippen LogP contribution is -2.71. The molecular formula is C40H57N5O25. The van der Waals surface area contributed by atoms with Crippen LogP contribution in [0.15, 0.2) is 16.9 Å². The molecule has 1 aromatic carbocycles. The van der Waals surface area contributed by atoms with Gasteiger partial charge in [-0.1, -0.05) is 0 Å². The summed E-state index contributed by atoms with van der Waals surface area (Å²) < 4.78 is 33.0. The number of aromatic amines is 1. The van der Waals surface area contributed by atoms with E-state index in [1.807, 2.05) is 0 Å². The second-order valence-corrected chi connectivity index (χ2v) is 16.9. The van der Waals surface area contributed by atoms with Gasteiger partial charge in [0.1, 0.15) is 60.6 Å². The normalized spacial score (nSPS) is 29.3. The molecule has 17 atom stereocenters. The molecule has 2 aromatic rings. The standard InChI is InChI=1S/C40H57N5O25/c1-13(49)41-27(19(52)4-18-36(60)45-17-6-24-23(65-12-66-24)5-16(17)44-18)33(59)31(57)25(10-47)67-39(37(61)62)8-21(54)29(43-15(3)51)35(70-39)32(58)26(11-48)68-40(38(63)64)7-20(53)28(42-14(2)50)34(69-40)30(56)22(55)9-46/h5-6,19-22,25-35,46-48,52-59H,4,7-12H2,1-3H3,(H,41,49)(H,42,50)(H,43,51)(H,45,60)(H,61,62)(H,63,64)/t19-,20-,21-,22+,25+,26+,27+,28+,29+,30+,31-,32-,33+,34+,35+,39+,40+/m0/s1. The first-order valence-electron chi connectivity index (χ1n) is 21.4. The Bertz CT molecular complexity index is 2270. The van der Waals surface area contributed by atoms with Gasteiger partial charge in [0.25, 0.3) is 17.1 Å². The van der Waals surface area contributed by atoms with E-state index in [0.717, 1.165) is 20.8 Å². The van der Waals surface area contributed by atoms with Gasteiger partial charge in [-0.2, -0.15) is 0 Å². The average molecular weight is 1010 g/mol. The number of aliphatic carboxylic acids is 2. The second kappa shape index (κ2) is 22.9. The van der Waals surface area contributed by atoms with Crippen molar-refractivity contribution >= 4 is 40.7 Å². The number of ether oxygens (including phenoxy) is 6. The number of hydrogen-bond acceptors (Lipinski definition) is 24. The Morgan fingerprint density at radius 2 is 1.23 bits per heavy atom. The van der Waals surface area contributed by atoms with Gasteiger partial charge in [0.05, 0.1) is 67.3 Å². The third-order valence-electron chi connectivity index (χ3n) is 11.8. The number of aliphatic hydroxyl groups excluding tert-OH is 11. The highest BCUT2D eigenvalue weighted by Gasteiger charge is 2.61. The fourth-order valence-corrected chi connectivity index (χ4v) is 8.36. The molecule has 70 heavy (non-hydrogen) atoms. The molecule has 0 unspecified atom stereocenters. The summed E-state index contributed by atoms with van der Waals surface area (Å²) in [5.41, 5.74) is -0.767. The van der Waals surface area contributed by atoms with Gasteiger partial charge in [-0.15, -0.1) is 0 Å². The zero-order chi connectivity index (χ0) is 52.2. The molecule has 17 N–H and O–H groups in total. The second-order valence-electron chi connectivity index (χ2n) is 16.9. The molecular weight excluding hydrogens is 950 g/mol. The van der Waals surface area contributed by atoms with E-state index >= 15 is 0 Å². The zero-order valence-corrected chi connectivity index (χ0v) is 37.4. The molecule has 1 aromatic heterocycles. The number of benzene rings is 1. The molecule has 30 nitrogen and oxygen atoms in total. The van der Waals surface area contributed by atoms with Crippen LogP contribution in [0.25, 0.3) is 11.0 Å². The van der Waals surface area contributed by atoms with E-state index in [9.17, 15) is 95.2 Å². The van der Waals surface area contributed by atoms with Crippen LogP contribution >= 0.6 is 0 Å². The number of amides is 3. The number of H-pyrrole nitrogens is 1. The van der Waals surface area contributed by atoms with Gasteiger partial charge in [0, 0.05) is 52.2 Å². The van der Waals surface area contributed by atoms with Crippen molar-refractivity contribution in [1.82, 2.24) is 25.9 Å². The van der Waals surface area contributed by atoms with Crippen molar-refractivity contribution in [3.8, 4) is 11.5 Å². The summed E-state index contributed by atoms with van der Waals surface area (Å²) in [6.45, 7) is -1.25. The summed E-state index contributed by atoms with van der Waals surface area (Å²) in [7, 11) is 0. The predicted molar refractivity (Wildman–Crippen MR) is 224 cm³/mol. The average Bonchev–Trinajstić information content (AvgIpc) is 3.75. The first-order valence-corrected chi connectivity index (χ1v) is 21.4. The molecule has 0 aliphatic carbocycles. The summed E-state index contributed by atoms with van der Waals surface area (Å²) in [5.74, 6) is -12.9. The maximum absolute atomic E-state index is 13.2. The Kier molecular flexibility index (Phi) is 18.2. The SMILES string of the molecule is CC(=O)N[C@@H]([C@@H](O)[C@@H](O)[C@@H](CO)O[C@]1(C(=O)O)C[C@H](O)[C@@H](NC(C)=O)[C@H]([C@@H](O)[C@@H](CO)O[C@]2(C(=O)O)C[C@H](O)[C@@H](NC(C)=O)[C@H]([C@H](O)[C@H](O)CO)O2)O1)[C@@H](O)Cc1nc2cc3c(cc2[nH]c1=O)OCO3. The molecule has 4 heterocycles. The first kappa shape index (κ1) is 55.6. The van der Waals surface area contributed by atoms with E-state index in [1.165, 1.54) is 12.1 Å². The van der Waals surface area contributed by atoms with Gasteiger partial charge in [0.2, 0.25) is 24.5 Å². The molecule has 0 bridgehead atoms. The van der Waals surface area contributed by atoms with Crippen molar-refractivity contribution in [3.63, 3.8) is 0 Å². The minimum atomic E-state index is -3.34. The lowest BCUT2D eigenvalue weighted by atomic mass is 9.87. The van der Waals surface area contributed by atoms with Gasteiger partial charge in [-0.05, 0) is 0 Å². The van der Waals surface area contributed by atoms with Gasteiger partial charge in [0.15, 0.2) is 11.5 Å². The highest BCUT2D eigenvalue weighted by atomic mass is 16.8. The predicted octanol–water partition coefficient (Wildman–Crippen LogP) is -8.52. The fourth-order valence-electron chi connectivity index (χ4n) is 8.36. The van der Waals surface area contributed by atoms with Crippen LogP contribution in [0, 0.1) is 0 Å². The zero-order valence-electron chi connectivity index (χ0n) is 37.4. The van der Waals surface area contributed by atoms with Gasteiger partial charge >= 0.3 is 11.9 Å². The first-order chi connectivity index (χ1) is 32.8. The van der Waals surface area contributed by atoms with E-state index in [4.69, 9.17) is 28.4 Å². The van der Waals surface area contributed by atoms with Crippen LogP contribution < -0.4 is 31.0 Å². The Hall–Kier alpha value is -5.29. The molecule has 5 rings (SSSR count). The molecule has 392 valence electrons. The topological polar surface area (TPSA) is 486 Å². The number of aliphatic hydroxyl groups is 11. The summed E-state index contributed by atoms with van der Waals surface area (Å²) in [6, 6.07) is -2.64. The largest absolute Gasteiger partial charge is 0.477 e. The van der Waals surface area contributed by atoms with Crippen molar-refractivity contribution in [2.75, 3.05) is 26.6 Å². The molecule has 2 fully saturated rings. The van der Waals surface area contributed by atoms with Crippen LogP contribution in [-0.4, -0.2) is 236 Å². The number of aromatic nitrogens is 2. The lowest BCUT2D eigenvalue weighted by molar-refractivity contribution is -0.353. The van der Waals surface area contributed by atoms with E-state index in [2.05, 4.69) is 25.9 Å².